The highest BCUT2D eigenvalue weighted by atomic mass is 35.5. The van der Waals surface area contributed by atoms with E-state index in [-0.39, 0.29) is 16.4 Å². The number of carbonyl (C=O) groups is 1. The van der Waals surface area contributed by atoms with E-state index in [1.807, 2.05) is 6.92 Å². The third-order valence-corrected chi connectivity index (χ3v) is 7.22. The molecule has 164 valence electrons. The molecule has 8 heteroatoms. The number of thiophene rings is 1. The van der Waals surface area contributed by atoms with Crippen LogP contribution in [0.1, 0.15) is 60.5 Å². The van der Waals surface area contributed by atoms with Gasteiger partial charge in [0.25, 0.3) is 5.91 Å². The van der Waals surface area contributed by atoms with Gasteiger partial charge >= 0.3 is 0 Å². The summed E-state index contributed by atoms with van der Waals surface area (Å²) in [6.45, 7) is 9.14. The number of fused-ring (bicyclic) bond motifs is 1. The largest absolute Gasteiger partial charge is 0.492 e. The summed E-state index contributed by atoms with van der Waals surface area (Å²) >= 11 is 13.1. The third-order valence-electron chi connectivity index (χ3n) is 5.55. The Bertz CT molecular complexity index is 1050. The van der Waals surface area contributed by atoms with Crippen molar-refractivity contribution in [3.05, 3.63) is 44.8 Å². The number of carbonyl (C=O) groups excluding carboxylic acids is 1. The molecule has 0 fully saturated rings. The van der Waals surface area contributed by atoms with E-state index < -0.39 is 0 Å². The monoisotopic (exact) mass is 475 g/mol. The number of ether oxygens (including phenoxy) is 1. The van der Waals surface area contributed by atoms with Crippen LogP contribution in [-0.4, -0.2) is 17.6 Å². The van der Waals surface area contributed by atoms with Crippen LogP contribution in [0.3, 0.4) is 0 Å². The summed E-state index contributed by atoms with van der Waals surface area (Å²) < 4.78 is 5.39. The van der Waals surface area contributed by atoms with Gasteiger partial charge in [-0.2, -0.15) is 5.26 Å². The van der Waals surface area contributed by atoms with Crippen molar-refractivity contribution in [2.45, 2.75) is 47.0 Å². The summed E-state index contributed by atoms with van der Waals surface area (Å²) in [5.41, 5.74) is 2.34. The van der Waals surface area contributed by atoms with Crippen molar-refractivity contribution in [2.75, 3.05) is 11.9 Å². The van der Waals surface area contributed by atoms with Crippen LogP contribution in [0.2, 0.25) is 5.02 Å². The first kappa shape index (κ1) is 23.5. The minimum absolute atomic E-state index is 0.150. The standard InChI is InChI=1S/C23H26ClN3O2S2/c1-5-29-18-9-6-13(10-17(18)24)20(28)26-22(30)27-21-16(12-25)15-8-7-14(23(2,3)4)11-19(15)31-21/h6,9-10,14H,5,7-8,11H2,1-4H3,(H2,26,27,28,30)/t14-/m1/s1. The number of amides is 1. The van der Waals surface area contributed by atoms with Gasteiger partial charge in [-0.3, -0.25) is 10.1 Å². The molecule has 0 aliphatic heterocycles. The van der Waals surface area contributed by atoms with Crippen molar-refractivity contribution >= 4 is 51.2 Å². The lowest BCUT2D eigenvalue weighted by Gasteiger charge is -2.33. The number of benzene rings is 1. The highest BCUT2D eigenvalue weighted by Gasteiger charge is 2.32. The van der Waals surface area contributed by atoms with E-state index in [9.17, 15) is 10.1 Å². The van der Waals surface area contributed by atoms with Gasteiger partial charge in [0.05, 0.1) is 17.2 Å². The molecule has 1 amide bonds. The topological polar surface area (TPSA) is 74.2 Å². The number of anilines is 1. The predicted molar refractivity (Wildman–Crippen MR) is 130 cm³/mol. The summed E-state index contributed by atoms with van der Waals surface area (Å²) in [5.74, 6) is 0.724. The van der Waals surface area contributed by atoms with Gasteiger partial charge in [-0.1, -0.05) is 32.4 Å². The van der Waals surface area contributed by atoms with E-state index in [0.717, 1.165) is 24.8 Å². The molecule has 0 saturated carbocycles. The Hall–Kier alpha value is -2.14. The van der Waals surface area contributed by atoms with Crippen molar-refractivity contribution in [1.82, 2.24) is 5.32 Å². The highest BCUT2D eigenvalue weighted by molar-refractivity contribution is 7.80. The second-order valence-corrected chi connectivity index (χ2v) is 10.5. The molecule has 0 unspecified atom stereocenters. The van der Waals surface area contributed by atoms with Crippen LogP contribution in [0.4, 0.5) is 5.00 Å². The van der Waals surface area contributed by atoms with E-state index in [2.05, 4.69) is 37.5 Å². The number of nitrogens with one attached hydrogen (secondary N) is 2. The number of nitrogens with zero attached hydrogens (tertiary/aromatic N) is 1. The second-order valence-electron chi connectivity index (χ2n) is 8.61. The van der Waals surface area contributed by atoms with Crippen molar-refractivity contribution in [3.63, 3.8) is 0 Å². The zero-order chi connectivity index (χ0) is 22.8. The minimum Gasteiger partial charge on any atom is -0.492 e. The Kier molecular flexibility index (Phi) is 7.25. The van der Waals surface area contributed by atoms with E-state index in [4.69, 9.17) is 28.6 Å². The first-order chi connectivity index (χ1) is 14.6. The molecule has 2 aromatic rings. The zero-order valence-corrected chi connectivity index (χ0v) is 20.5. The summed E-state index contributed by atoms with van der Waals surface area (Å²) in [6, 6.07) is 7.15. The lowest BCUT2D eigenvalue weighted by atomic mass is 9.72. The molecule has 0 saturated heterocycles. The molecule has 0 radical (unpaired) electrons. The van der Waals surface area contributed by atoms with Gasteiger partial charge in [-0.05, 0) is 73.5 Å². The zero-order valence-electron chi connectivity index (χ0n) is 18.1. The van der Waals surface area contributed by atoms with Crippen molar-refractivity contribution in [2.24, 2.45) is 11.3 Å². The van der Waals surface area contributed by atoms with Gasteiger partial charge in [-0.25, -0.2) is 0 Å². The van der Waals surface area contributed by atoms with E-state index >= 15 is 0 Å². The molecule has 0 spiro atoms. The molecule has 1 aromatic carbocycles. The maximum atomic E-state index is 12.6. The van der Waals surface area contributed by atoms with Crippen LogP contribution >= 0.6 is 35.2 Å². The molecule has 1 atom stereocenters. The molecule has 1 aliphatic rings. The number of nitriles is 1. The molecule has 2 N–H and O–H groups in total. The quantitative estimate of drug-likeness (QED) is 0.534. The van der Waals surface area contributed by atoms with E-state index in [1.165, 1.54) is 4.88 Å². The van der Waals surface area contributed by atoms with E-state index in [1.54, 1.807) is 29.5 Å². The van der Waals surface area contributed by atoms with Crippen molar-refractivity contribution in [1.29, 1.82) is 5.26 Å². The maximum absolute atomic E-state index is 12.6. The fraction of sp³-hybridized carbons (Fsp3) is 0.435. The summed E-state index contributed by atoms with van der Waals surface area (Å²) in [6.07, 6.45) is 2.92. The number of hydrogen-bond acceptors (Lipinski definition) is 5. The van der Waals surface area contributed by atoms with Gasteiger partial charge in [0.15, 0.2) is 5.11 Å². The van der Waals surface area contributed by atoms with Crippen LogP contribution in [-0.2, 0) is 12.8 Å². The first-order valence-electron chi connectivity index (χ1n) is 10.2. The highest BCUT2D eigenvalue weighted by Crippen LogP contribution is 2.44. The van der Waals surface area contributed by atoms with Crippen LogP contribution in [0.15, 0.2) is 18.2 Å². The minimum atomic E-state index is -0.380. The smallest absolute Gasteiger partial charge is 0.257 e. The van der Waals surface area contributed by atoms with Crippen LogP contribution in [0, 0.1) is 22.7 Å². The third kappa shape index (κ3) is 5.38. The average molecular weight is 476 g/mol. The fourth-order valence-corrected chi connectivity index (χ4v) is 5.53. The van der Waals surface area contributed by atoms with Crippen molar-refractivity contribution in [3.8, 4) is 11.8 Å². The van der Waals surface area contributed by atoms with Crippen LogP contribution in [0.5, 0.6) is 5.75 Å². The first-order valence-corrected chi connectivity index (χ1v) is 11.8. The summed E-state index contributed by atoms with van der Waals surface area (Å²) in [7, 11) is 0. The predicted octanol–water partition coefficient (Wildman–Crippen LogP) is 5.95. The molecular weight excluding hydrogens is 450 g/mol. The maximum Gasteiger partial charge on any atom is 0.257 e. The Labute approximate surface area is 197 Å². The molecule has 5 nitrogen and oxygen atoms in total. The molecular formula is C23H26ClN3O2S2. The van der Waals surface area contributed by atoms with Gasteiger partial charge in [0.1, 0.15) is 16.8 Å². The molecule has 0 bridgehead atoms. The fourth-order valence-electron chi connectivity index (χ4n) is 3.76. The Morgan fingerprint density at radius 2 is 2.16 bits per heavy atom. The van der Waals surface area contributed by atoms with Gasteiger partial charge < -0.3 is 10.1 Å². The summed E-state index contributed by atoms with van der Waals surface area (Å²) in [5, 5.41) is 16.6. The van der Waals surface area contributed by atoms with Crippen LogP contribution in [0.25, 0.3) is 0 Å². The Balaban J connectivity index is 1.71. The number of halogens is 1. The average Bonchev–Trinajstić information content (AvgIpc) is 3.04. The Morgan fingerprint density at radius 1 is 1.42 bits per heavy atom. The number of rotatable bonds is 4. The second kappa shape index (κ2) is 9.56. The lowest BCUT2D eigenvalue weighted by molar-refractivity contribution is 0.0977. The van der Waals surface area contributed by atoms with Gasteiger partial charge in [0, 0.05) is 10.4 Å². The lowest BCUT2D eigenvalue weighted by Crippen LogP contribution is -2.34. The Morgan fingerprint density at radius 3 is 2.77 bits per heavy atom. The molecule has 1 aliphatic carbocycles. The molecule has 1 aromatic heterocycles. The van der Waals surface area contributed by atoms with Gasteiger partial charge in [0.2, 0.25) is 0 Å². The molecule has 1 heterocycles. The summed E-state index contributed by atoms with van der Waals surface area (Å²) in [4.78, 5) is 13.8. The normalized spacial score (nSPS) is 15.5. The number of thiocarbonyl (C=S) groups is 1. The number of hydrogen-bond donors (Lipinski definition) is 2. The SMILES string of the molecule is CCOc1ccc(C(=O)NC(=S)Nc2sc3c(c2C#N)CC[C@@H](C(C)(C)C)C3)cc1Cl. The molecule has 31 heavy (non-hydrogen) atoms. The van der Waals surface area contributed by atoms with Crippen LogP contribution < -0.4 is 15.4 Å². The molecule has 3 rings (SSSR count). The van der Waals surface area contributed by atoms with Crippen molar-refractivity contribution < 1.29 is 9.53 Å². The van der Waals surface area contributed by atoms with Gasteiger partial charge in [-0.15, -0.1) is 11.3 Å². The van der Waals surface area contributed by atoms with E-state index in [0.29, 0.717) is 39.4 Å².